The molecule has 3 heterocycles. The largest absolute Gasteiger partial charge is 0.392 e. The molecule has 0 atom stereocenters. The second-order valence-corrected chi connectivity index (χ2v) is 5.96. The fraction of sp³-hybridized carbons (Fsp3) is 0.0526. The molecule has 1 aromatic carbocycles. The minimum absolute atomic E-state index is 0.0480. The van der Waals surface area contributed by atoms with E-state index in [2.05, 4.69) is 15.0 Å². The molecule has 1 amide bonds. The van der Waals surface area contributed by atoms with Gasteiger partial charge in [-0.1, -0.05) is 12.1 Å². The van der Waals surface area contributed by atoms with Crippen LogP contribution in [0.25, 0.3) is 28.2 Å². The molecule has 0 radical (unpaired) electrons. The molecule has 4 aromatic rings. The number of amides is 1. The van der Waals surface area contributed by atoms with Gasteiger partial charge in [0.2, 0.25) is 5.91 Å². The van der Waals surface area contributed by atoms with Crippen LogP contribution in [0.4, 0.5) is 5.82 Å². The maximum atomic E-state index is 11.5. The lowest BCUT2D eigenvalue weighted by Gasteiger charge is -2.10. The van der Waals surface area contributed by atoms with Crippen molar-refractivity contribution in [1.82, 2.24) is 19.5 Å². The number of aliphatic hydroxyl groups is 1. The van der Waals surface area contributed by atoms with Crippen LogP contribution in [0.1, 0.15) is 15.9 Å². The molecule has 3 aromatic heterocycles. The van der Waals surface area contributed by atoms with Crippen LogP contribution in [-0.2, 0) is 6.61 Å². The van der Waals surface area contributed by atoms with Gasteiger partial charge in [0.25, 0.3) is 0 Å². The number of nitrogen functional groups attached to an aromatic ring is 1. The van der Waals surface area contributed by atoms with Gasteiger partial charge in [-0.05, 0) is 35.9 Å². The summed E-state index contributed by atoms with van der Waals surface area (Å²) < 4.78 is 1.83. The van der Waals surface area contributed by atoms with Crippen molar-refractivity contribution >= 4 is 22.9 Å². The smallest absolute Gasteiger partial charge is 0.250 e. The van der Waals surface area contributed by atoms with Crippen molar-refractivity contribution in [1.29, 1.82) is 0 Å². The Hall–Kier alpha value is -3.78. The Bertz CT molecular complexity index is 1150. The molecular weight excluding hydrogens is 344 g/mol. The highest BCUT2D eigenvalue weighted by Gasteiger charge is 2.18. The normalized spacial score (nSPS) is 11.0. The first-order valence-corrected chi connectivity index (χ1v) is 8.18. The van der Waals surface area contributed by atoms with Crippen LogP contribution in [0, 0.1) is 0 Å². The Labute approximate surface area is 154 Å². The number of aromatic nitrogens is 4. The number of carbonyl (C=O) groups excluding carboxylic acids is 1. The zero-order valence-electron chi connectivity index (χ0n) is 14.2. The summed E-state index contributed by atoms with van der Waals surface area (Å²) in [6.45, 7) is -0.0480. The monoisotopic (exact) mass is 360 g/mol. The molecule has 8 heteroatoms. The Morgan fingerprint density at radius 3 is 2.59 bits per heavy atom. The van der Waals surface area contributed by atoms with Gasteiger partial charge >= 0.3 is 0 Å². The summed E-state index contributed by atoms with van der Waals surface area (Å²) in [5.41, 5.74) is 15.0. The molecule has 8 nitrogen and oxygen atoms in total. The van der Waals surface area contributed by atoms with E-state index in [1.165, 1.54) is 6.20 Å². The number of pyridine rings is 2. The van der Waals surface area contributed by atoms with Gasteiger partial charge in [0.15, 0.2) is 11.5 Å². The quantitative estimate of drug-likeness (QED) is 0.507. The van der Waals surface area contributed by atoms with Crippen LogP contribution >= 0.6 is 0 Å². The minimum Gasteiger partial charge on any atom is -0.392 e. The molecule has 5 N–H and O–H groups in total. The van der Waals surface area contributed by atoms with Gasteiger partial charge in [0, 0.05) is 18.1 Å². The summed E-state index contributed by atoms with van der Waals surface area (Å²) in [4.78, 5) is 24.6. The number of anilines is 1. The highest BCUT2D eigenvalue weighted by Crippen LogP contribution is 2.30. The first kappa shape index (κ1) is 16.7. The number of fused-ring (bicyclic) bond motifs is 1. The van der Waals surface area contributed by atoms with E-state index in [1.54, 1.807) is 18.3 Å². The molecule has 0 bridgehead atoms. The fourth-order valence-corrected chi connectivity index (χ4v) is 2.88. The molecule has 0 aliphatic heterocycles. The average molecular weight is 360 g/mol. The van der Waals surface area contributed by atoms with Gasteiger partial charge in [-0.25, -0.2) is 15.0 Å². The van der Waals surface area contributed by atoms with Crippen LogP contribution in [0.15, 0.2) is 54.9 Å². The Kier molecular flexibility index (Phi) is 4.02. The summed E-state index contributed by atoms with van der Waals surface area (Å²) in [6.07, 6.45) is 3.02. The van der Waals surface area contributed by atoms with Gasteiger partial charge in [0.05, 0.1) is 17.7 Å². The number of imidazole rings is 1. The van der Waals surface area contributed by atoms with Crippen molar-refractivity contribution in [2.45, 2.75) is 6.61 Å². The topological polar surface area (TPSA) is 133 Å². The van der Waals surface area contributed by atoms with E-state index in [0.29, 0.717) is 28.4 Å². The van der Waals surface area contributed by atoms with Crippen molar-refractivity contribution in [2.75, 3.05) is 5.73 Å². The van der Waals surface area contributed by atoms with E-state index < -0.39 is 5.91 Å². The number of nitrogens with two attached hydrogens (primary N) is 2. The molecule has 0 unspecified atom stereocenters. The highest BCUT2D eigenvalue weighted by atomic mass is 16.3. The predicted molar refractivity (Wildman–Crippen MR) is 101 cm³/mol. The maximum absolute atomic E-state index is 11.5. The zero-order chi connectivity index (χ0) is 19.0. The first-order valence-electron chi connectivity index (χ1n) is 8.18. The number of hydrogen-bond acceptors (Lipinski definition) is 6. The van der Waals surface area contributed by atoms with E-state index >= 15 is 0 Å². The van der Waals surface area contributed by atoms with Gasteiger partial charge in [-0.3, -0.25) is 9.36 Å². The zero-order valence-corrected chi connectivity index (χ0v) is 14.2. The molecule has 0 aliphatic rings. The number of aliphatic hydroxyl groups excluding tert-OH is 1. The summed E-state index contributed by atoms with van der Waals surface area (Å²) in [5, 5.41) is 9.28. The lowest BCUT2D eigenvalue weighted by Crippen LogP contribution is -2.11. The third-order valence-corrected chi connectivity index (χ3v) is 4.24. The maximum Gasteiger partial charge on any atom is 0.250 e. The van der Waals surface area contributed by atoms with Gasteiger partial charge in [-0.2, -0.15) is 0 Å². The fourth-order valence-electron chi connectivity index (χ4n) is 2.88. The van der Waals surface area contributed by atoms with Crippen LogP contribution in [0.2, 0.25) is 0 Å². The first-order chi connectivity index (χ1) is 13.1. The second-order valence-electron chi connectivity index (χ2n) is 5.96. The highest BCUT2D eigenvalue weighted by molar-refractivity contribution is 5.96. The standard InChI is InChI=1S/C19H16N6O2/c20-16-14(2-1-7-22-16)18-24-15-8-12(17(21)27)9-23-19(15)25(18)13-5-3-11(10-26)4-6-13/h1-9,26H,10H2,(H2,20,22)(H2,21,27). The van der Waals surface area contributed by atoms with Gasteiger partial charge in [-0.15, -0.1) is 0 Å². The van der Waals surface area contributed by atoms with Crippen LogP contribution in [0.5, 0.6) is 0 Å². The summed E-state index contributed by atoms with van der Waals surface area (Å²) >= 11 is 0. The van der Waals surface area contributed by atoms with Crippen molar-refractivity contribution in [2.24, 2.45) is 5.73 Å². The Morgan fingerprint density at radius 1 is 1.15 bits per heavy atom. The number of hydrogen-bond donors (Lipinski definition) is 3. The molecule has 0 fully saturated rings. The van der Waals surface area contributed by atoms with E-state index in [9.17, 15) is 9.90 Å². The predicted octanol–water partition coefficient (Wildman–Crippen LogP) is 1.66. The van der Waals surface area contributed by atoms with Gasteiger partial charge < -0.3 is 16.6 Å². The minimum atomic E-state index is -0.575. The lowest BCUT2D eigenvalue weighted by molar-refractivity contribution is 0.1000. The lowest BCUT2D eigenvalue weighted by atomic mass is 10.2. The number of carbonyl (C=O) groups is 1. The van der Waals surface area contributed by atoms with E-state index in [0.717, 1.165) is 11.3 Å². The second kappa shape index (κ2) is 6.50. The molecule has 0 aliphatic carbocycles. The Morgan fingerprint density at radius 2 is 1.93 bits per heavy atom. The summed E-state index contributed by atoms with van der Waals surface area (Å²) in [6, 6.07) is 12.5. The number of benzene rings is 1. The van der Waals surface area contributed by atoms with Gasteiger partial charge in [0.1, 0.15) is 11.3 Å². The van der Waals surface area contributed by atoms with Crippen molar-refractivity contribution in [3.05, 3.63) is 66.0 Å². The SMILES string of the molecule is NC(=O)c1cnc2c(c1)nc(-c1cccnc1N)n2-c1ccc(CO)cc1. The van der Waals surface area contributed by atoms with Crippen LogP contribution < -0.4 is 11.5 Å². The van der Waals surface area contributed by atoms with Crippen molar-refractivity contribution in [3.63, 3.8) is 0 Å². The molecular formula is C19H16N6O2. The summed E-state index contributed by atoms with van der Waals surface area (Å²) in [5.74, 6) is 0.298. The molecule has 4 rings (SSSR count). The molecule has 27 heavy (non-hydrogen) atoms. The number of primary amides is 1. The van der Waals surface area contributed by atoms with Crippen molar-refractivity contribution in [3.8, 4) is 17.1 Å². The summed E-state index contributed by atoms with van der Waals surface area (Å²) in [7, 11) is 0. The third-order valence-electron chi connectivity index (χ3n) is 4.24. The van der Waals surface area contributed by atoms with Crippen LogP contribution in [-0.4, -0.2) is 30.5 Å². The number of nitrogens with zero attached hydrogens (tertiary/aromatic N) is 4. The Balaban J connectivity index is 2.02. The molecule has 0 saturated carbocycles. The molecule has 134 valence electrons. The third kappa shape index (κ3) is 2.87. The van der Waals surface area contributed by atoms with E-state index in [-0.39, 0.29) is 12.2 Å². The average Bonchev–Trinajstić information content (AvgIpc) is 3.06. The van der Waals surface area contributed by atoms with Crippen LogP contribution in [0.3, 0.4) is 0 Å². The molecule has 0 spiro atoms. The molecule has 0 saturated heterocycles. The van der Waals surface area contributed by atoms with Crippen molar-refractivity contribution < 1.29 is 9.90 Å². The van der Waals surface area contributed by atoms with E-state index in [4.69, 9.17) is 11.5 Å². The number of rotatable bonds is 4. The van der Waals surface area contributed by atoms with E-state index in [1.807, 2.05) is 34.9 Å².